The van der Waals surface area contributed by atoms with Crippen molar-refractivity contribution in [1.82, 2.24) is 24.5 Å². The van der Waals surface area contributed by atoms with Crippen molar-refractivity contribution in [3.05, 3.63) is 65.5 Å². The summed E-state index contributed by atoms with van der Waals surface area (Å²) in [6.07, 6.45) is -2.34. The number of amides is 2. The number of methoxy groups -OCH3 is 1. The van der Waals surface area contributed by atoms with Gasteiger partial charge in [-0.15, -0.1) is 0 Å². The Hall–Kier alpha value is -4.30. The summed E-state index contributed by atoms with van der Waals surface area (Å²) in [5.41, 5.74) is 8.38. The average Bonchev–Trinajstić information content (AvgIpc) is 3.19. The first kappa shape index (κ1) is 28.7. The third kappa shape index (κ3) is 6.13. The van der Waals surface area contributed by atoms with Crippen molar-refractivity contribution >= 4 is 28.9 Å². The Morgan fingerprint density at radius 3 is 2.62 bits per heavy atom. The minimum atomic E-state index is -4.60. The molecular weight excluding hydrogens is 532 g/mol. The van der Waals surface area contributed by atoms with Gasteiger partial charge in [0.2, 0.25) is 0 Å². The first-order valence-electron chi connectivity index (χ1n) is 12.3. The van der Waals surface area contributed by atoms with Crippen LogP contribution in [-0.4, -0.2) is 57.3 Å². The van der Waals surface area contributed by atoms with E-state index in [-0.39, 0.29) is 17.3 Å². The van der Waals surface area contributed by atoms with E-state index in [0.717, 1.165) is 30.1 Å². The highest BCUT2D eigenvalue weighted by Crippen LogP contribution is 2.36. The molecule has 2 amide bonds. The molecule has 0 aliphatic carbocycles. The highest BCUT2D eigenvalue weighted by molar-refractivity contribution is 5.99. The number of urea groups is 1. The van der Waals surface area contributed by atoms with Crippen molar-refractivity contribution in [2.75, 3.05) is 43.2 Å². The molecule has 14 heteroatoms. The first-order valence-corrected chi connectivity index (χ1v) is 12.3. The van der Waals surface area contributed by atoms with Crippen LogP contribution in [0.3, 0.4) is 0 Å². The number of nitrogens with one attached hydrogen (secondary N) is 2. The van der Waals surface area contributed by atoms with E-state index < -0.39 is 23.6 Å². The number of anilines is 3. The zero-order valence-electron chi connectivity index (χ0n) is 22.0. The SMILES string of the molecule is CCN(CCOC)Cc1c(C)c(-c2ccc(NC(=O)Nc3cc(C(F)(F)F)ccn3)c(F)c2)c2c(N)ncnn12. The number of ether oxygens (including phenoxy) is 1. The summed E-state index contributed by atoms with van der Waals surface area (Å²) in [6, 6.07) is 4.68. The maximum Gasteiger partial charge on any atom is 0.416 e. The predicted octanol–water partition coefficient (Wildman–Crippen LogP) is 4.95. The van der Waals surface area contributed by atoms with E-state index in [1.807, 2.05) is 13.8 Å². The standard InChI is InChI=1S/C26H28F4N8O2/c1-4-37(9-10-40-3)13-20-15(2)22(23-24(31)33-14-34-38(20)23)16-5-6-19(18(27)11-16)35-25(39)36-21-12-17(7-8-32-21)26(28,29)30/h5-8,11-12,14H,4,9-10,13H2,1-3H3,(H2,31,33,34)(H2,32,35,36,39). The van der Waals surface area contributed by atoms with E-state index in [1.54, 1.807) is 17.7 Å². The highest BCUT2D eigenvalue weighted by Gasteiger charge is 2.31. The highest BCUT2D eigenvalue weighted by atomic mass is 19.4. The molecule has 10 nitrogen and oxygen atoms in total. The summed E-state index contributed by atoms with van der Waals surface area (Å²) < 4.78 is 60.9. The van der Waals surface area contributed by atoms with Crippen molar-refractivity contribution in [1.29, 1.82) is 0 Å². The molecule has 3 heterocycles. The smallest absolute Gasteiger partial charge is 0.383 e. The lowest BCUT2D eigenvalue weighted by Gasteiger charge is -2.20. The summed E-state index contributed by atoms with van der Waals surface area (Å²) in [4.78, 5) is 22.4. The zero-order valence-corrected chi connectivity index (χ0v) is 22.0. The van der Waals surface area contributed by atoms with Crippen LogP contribution < -0.4 is 16.4 Å². The molecule has 0 atom stereocenters. The zero-order chi connectivity index (χ0) is 29.0. The van der Waals surface area contributed by atoms with E-state index in [9.17, 15) is 18.0 Å². The number of hydrogen-bond acceptors (Lipinski definition) is 7. The number of nitrogens with two attached hydrogens (primary N) is 1. The number of alkyl halides is 3. The van der Waals surface area contributed by atoms with E-state index in [0.29, 0.717) is 42.4 Å². The Labute approximate surface area is 227 Å². The second kappa shape index (κ2) is 11.8. The van der Waals surface area contributed by atoms with Crippen LogP contribution in [0.5, 0.6) is 0 Å². The third-order valence-corrected chi connectivity index (χ3v) is 6.39. The lowest BCUT2D eigenvalue weighted by Crippen LogP contribution is -2.27. The van der Waals surface area contributed by atoms with Crippen LogP contribution >= 0.6 is 0 Å². The van der Waals surface area contributed by atoms with Gasteiger partial charge in [-0.05, 0) is 48.9 Å². The van der Waals surface area contributed by atoms with Gasteiger partial charge in [0, 0.05) is 32.0 Å². The van der Waals surface area contributed by atoms with Gasteiger partial charge in [-0.25, -0.2) is 23.7 Å². The second-order valence-electron chi connectivity index (χ2n) is 8.92. The van der Waals surface area contributed by atoms with Crippen LogP contribution in [0.15, 0.2) is 42.9 Å². The van der Waals surface area contributed by atoms with Gasteiger partial charge < -0.3 is 15.8 Å². The van der Waals surface area contributed by atoms with Crippen LogP contribution in [0.1, 0.15) is 23.7 Å². The summed E-state index contributed by atoms with van der Waals surface area (Å²) in [7, 11) is 1.64. The molecule has 0 aliphatic rings. The van der Waals surface area contributed by atoms with Crippen LogP contribution in [-0.2, 0) is 17.5 Å². The van der Waals surface area contributed by atoms with Crippen LogP contribution in [0.2, 0.25) is 0 Å². The Morgan fingerprint density at radius 2 is 1.95 bits per heavy atom. The number of aromatic nitrogens is 4. The number of fused-ring (bicyclic) bond motifs is 1. The quantitative estimate of drug-likeness (QED) is 0.248. The summed E-state index contributed by atoms with van der Waals surface area (Å²) >= 11 is 0. The summed E-state index contributed by atoms with van der Waals surface area (Å²) in [5.74, 6) is -0.889. The molecule has 0 bridgehead atoms. The normalized spacial score (nSPS) is 11.8. The number of nitrogen functional groups attached to an aromatic ring is 1. The number of hydrogen-bond donors (Lipinski definition) is 3. The molecule has 0 unspecified atom stereocenters. The number of carbonyl (C=O) groups is 1. The van der Waals surface area contributed by atoms with Gasteiger partial charge in [0.1, 0.15) is 23.5 Å². The van der Waals surface area contributed by atoms with Crippen molar-refractivity contribution in [3.8, 4) is 11.1 Å². The molecule has 0 fully saturated rings. The summed E-state index contributed by atoms with van der Waals surface area (Å²) in [6.45, 7) is 6.47. The fourth-order valence-corrected chi connectivity index (χ4v) is 4.32. The fraction of sp³-hybridized carbons (Fsp3) is 0.308. The predicted molar refractivity (Wildman–Crippen MR) is 142 cm³/mol. The largest absolute Gasteiger partial charge is 0.416 e. The Bertz CT molecular complexity index is 1520. The van der Waals surface area contributed by atoms with E-state index >= 15 is 4.39 Å². The number of nitrogens with zero attached hydrogens (tertiary/aromatic N) is 5. The molecule has 0 aliphatic heterocycles. The molecule has 40 heavy (non-hydrogen) atoms. The molecule has 3 aromatic heterocycles. The fourth-order valence-electron chi connectivity index (χ4n) is 4.32. The number of benzene rings is 1. The number of pyridine rings is 1. The van der Waals surface area contributed by atoms with Crippen LogP contribution in [0.25, 0.3) is 16.6 Å². The molecule has 0 radical (unpaired) electrons. The van der Waals surface area contributed by atoms with Crippen molar-refractivity contribution in [2.45, 2.75) is 26.6 Å². The van der Waals surface area contributed by atoms with E-state index in [4.69, 9.17) is 10.5 Å². The van der Waals surface area contributed by atoms with Crippen molar-refractivity contribution in [3.63, 3.8) is 0 Å². The van der Waals surface area contributed by atoms with Crippen molar-refractivity contribution < 1.29 is 27.1 Å². The molecule has 4 aromatic rings. The number of rotatable bonds is 9. The minimum Gasteiger partial charge on any atom is -0.383 e. The van der Waals surface area contributed by atoms with Crippen molar-refractivity contribution in [2.24, 2.45) is 0 Å². The Morgan fingerprint density at radius 1 is 1.18 bits per heavy atom. The average molecular weight is 561 g/mol. The number of halogens is 4. The first-order chi connectivity index (χ1) is 19.0. The molecule has 1 aromatic carbocycles. The molecular formula is C26H28F4N8O2. The van der Waals surface area contributed by atoms with Gasteiger partial charge in [-0.1, -0.05) is 13.0 Å². The van der Waals surface area contributed by atoms with Crippen LogP contribution in [0, 0.1) is 12.7 Å². The van der Waals surface area contributed by atoms with Gasteiger partial charge in [0.25, 0.3) is 0 Å². The van der Waals surface area contributed by atoms with Gasteiger partial charge in [0.05, 0.1) is 23.6 Å². The van der Waals surface area contributed by atoms with Gasteiger partial charge in [-0.3, -0.25) is 10.2 Å². The van der Waals surface area contributed by atoms with Crippen LogP contribution in [0.4, 0.5) is 39.7 Å². The topological polar surface area (TPSA) is 123 Å². The monoisotopic (exact) mass is 560 g/mol. The lowest BCUT2D eigenvalue weighted by molar-refractivity contribution is -0.137. The van der Waals surface area contributed by atoms with Gasteiger partial charge >= 0.3 is 12.2 Å². The minimum absolute atomic E-state index is 0.185. The molecule has 0 saturated heterocycles. The summed E-state index contributed by atoms with van der Waals surface area (Å²) in [5, 5.41) is 8.87. The molecule has 4 rings (SSSR count). The molecule has 212 valence electrons. The van der Waals surface area contributed by atoms with Gasteiger partial charge in [-0.2, -0.15) is 18.3 Å². The molecule has 0 spiro atoms. The van der Waals surface area contributed by atoms with E-state index in [1.165, 1.54) is 18.5 Å². The molecule has 0 saturated carbocycles. The lowest BCUT2D eigenvalue weighted by atomic mass is 10.0. The molecule has 4 N–H and O–H groups in total. The maximum absolute atomic E-state index is 15.2. The van der Waals surface area contributed by atoms with E-state index in [2.05, 4.69) is 30.6 Å². The van der Waals surface area contributed by atoms with Gasteiger partial charge in [0.15, 0.2) is 5.82 Å². The maximum atomic E-state index is 15.2. The number of likely N-dealkylation sites (N-methyl/N-ethyl adjacent to an activating group) is 1. The number of carbonyl (C=O) groups excluding carboxylic acids is 1. The Kier molecular flexibility index (Phi) is 8.49. The third-order valence-electron chi connectivity index (χ3n) is 6.39. The second-order valence-corrected chi connectivity index (χ2v) is 8.92. The Balaban J connectivity index is 1.62.